The van der Waals surface area contributed by atoms with Gasteiger partial charge in [-0.05, 0) is 90.2 Å². The van der Waals surface area contributed by atoms with Crippen LogP contribution in [0.1, 0.15) is 32.5 Å². The minimum absolute atomic E-state index is 0.0761. The van der Waals surface area contributed by atoms with Gasteiger partial charge in [-0.1, -0.05) is 36.4 Å². The molecule has 5 aromatic rings. The maximum absolute atomic E-state index is 13.8. The number of hydrogen-bond acceptors (Lipinski definition) is 7. The summed E-state index contributed by atoms with van der Waals surface area (Å²) in [5, 5.41) is 18.2. The number of aryl methyl sites for hydroxylation is 2. The van der Waals surface area contributed by atoms with Crippen LogP contribution in [0.2, 0.25) is 0 Å². The summed E-state index contributed by atoms with van der Waals surface area (Å²) < 4.78 is 85.9. The van der Waals surface area contributed by atoms with E-state index in [0.717, 1.165) is 45.2 Å². The highest BCUT2D eigenvalue weighted by atomic mass is 32.2. The van der Waals surface area contributed by atoms with Crippen molar-refractivity contribution >= 4 is 23.1 Å². The molecule has 0 aliphatic rings. The molecule has 5 rings (SSSR count). The zero-order valence-corrected chi connectivity index (χ0v) is 25.9. The lowest BCUT2D eigenvalue weighted by atomic mass is 10.0. The van der Waals surface area contributed by atoms with Crippen LogP contribution in [-0.4, -0.2) is 27.4 Å². The Morgan fingerprint density at radius 3 is 2.07 bits per heavy atom. The van der Waals surface area contributed by atoms with Gasteiger partial charge >= 0.3 is 6.18 Å². The third-order valence-corrected chi connectivity index (χ3v) is 9.72. The quantitative estimate of drug-likeness (QED) is 0.0505. The van der Waals surface area contributed by atoms with E-state index in [1.165, 1.54) is 35.2 Å². The number of thioether (sulfide) groups is 1. The lowest BCUT2D eigenvalue weighted by Gasteiger charge is -2.18. The average molecular weight is 677 g/mol. The first kappa shape index (κ1) is 33.5. The van der Waals surface area contributed by atoms with Crippen molar-refractivity contribution in [1.82, 2.24) is 10.2 Å². The summed E-state index contributed by atoms with van der Waals surface area (Å²) in [4.78, 5) is 6.45. The van der Waals surface area contributed by atoms with Crippen molar-refractivity contribution in [3.8, 4) is 27.4 Å². The van der Waals surface area contributed by atoms with Gasteiger partial charge in [-0.3, -0.25) is 10.4 Å². The maximum Gasteiger partial charge on any atom is 0.416 e. The molecule has 1 atom stereocenters. The molecular formula is C33H26F6N2O3S2. The van der Waals surface area contributed by atoms with E-state index < -0.39 is 35.9 Å². The summed E-state index contributed by atoms with van der Waals surface area (Å²) in [5.41, 5.74) is 2.85. The van der Waals surface area contributed by atoms with Crippen LogP contribution in [0.15, 0.2) is 83.8 Å². The highest BCUT2D eigenvalue weighted by molar-refractivity contribution is 7.99. The monoisotopic (exact) mass is 676 g/mol. The number of rotatable bonds is 10. The van der Waals surface area contributed by atoms with Crippen molar-refractivity contribution in [1.29, 1.82) is 0 Å². The highest BCUT2D eigenvalue weighted by Gasteiger charge is 2.30. The first-order valence-corrected chi connectivity index (χ1v) is 15.4. The molecule has 0 saturated carbocycles. The molecule has 4 aromatic carbocycles. The van der Waals surface area contributed by atoms with E-state index >= 15 is 0 Å². The second-order valence-electron chi connectivity index (χ2n) is 10.4. The smallest absolute Gasteiger partial charge is 0.416 e. The van der Waals surface area contributed by atoms with Crippen LogP contribution in [0.25, 0.3) is 21.7 Å². The second kappa shape index (κ2) is 13.9. The normalized spacial score (nSPS) is 12.5. The number of alkyl halides is 3. The molecule has 1 heterocycles. The number of benzene rings is 4. The highest BCUT2D eigenvalue weighted by Crippen LogP contribution is 2.44. The first-order chi connectivity index (χ1) is 21.8. The summed E-state index contributed by atoms with van der Waals surface area (Å²) in [6.07, 6.45) is -3.96. The molecule has 1 unspecified atom stereocenters. The number of hydrogen-bond donors (Lipinski definition) is 2. The Balaban J connectivity index is 1.45. The van der Waals surface area contributed by atoms with E-state index in [-0.39, 0.29) is 16.0 Å². The van der Waals surface area contributed by atoms with E-state index in [0.29, 0.717) is 34.0 Å². The van der Waals surface area contributed by atoms with E-state index in [9.17, 15) is 26.3 Å². The topological polar surface area (TPSA) is 65.8 Å². The fourth-order valence-electron chi connectivity index (χ4n) is 4.74. The molecule has 0 saturated heterocycles. The summed E-state index contributed by atoms with van der Waals surface area (Å²) in [5.74, 6) is -3.64. The molecule has 2 N–H and O–H groups in total. The standard InChI is InChI=1S/C33H26F6N2O3S2/c1-18-13-25(11-12-28(18)44-17-41(42)43)45-29(14-20-3-5-21(6-4-20)23-15-26(34)30(36)27(35)16-23)31-19(2)40-32(46-31)22-7-9-24(10-8-22)33(37,38)39/h3-13,15-16,29,42-43H,14,17H2,1-2H3. The van der Waals surface area contributed by atoms with Crippen molar-refractivity contribution in [3.05, 3.63) is 124 Å². The summed E-state index contributed by atoms with van der Waals surface area (Å²) in [7, 11) is 0. The van der Waals surface area contributed by atoms with Crippen LogP contribution in [0.5, 0.6) is 5.75 Å². The molecule has 0 spiro atoms. The number of ether oxygens (including phenoxy) is 1. The Bertz CT molecular complexity index is 1800. The molecule has 0 radical (unpaired) electrons. The lowest BCUT2D eigenvalue weighted by molar-refractivity contribution is -0.330. The maximum atomic E-state index is 13.8. The summed E-state index contributed by atoms with van der Waals surface area (Å²) >= 11 is 2.91. The second-order valence-corrected chi connectivity index (χ2v) is 12.7. The van der Waals surface area contributed by atoms with Crippen molar-refractivity contribution < 1.29 is 41.5 Å². The van der Waals surface area contributed by atoms with Gasteiger partial charge in [0, 0.05) is 20.6 Å². The summed E-state index contributed by atoms with van der Waals surface area (Å²) in [6.45, 7) is 3.20. The zero-order valence-electron chi connectivity index (χ0n) is 24.3. The van der Waals surface area contributed by atoms with Crippen molar-refractivity contribution in [3.63, 3.8) is 0 Å². The molecule has 46 heavy (non-hydrogen) atoms. The summed E-state index contributed by atoms with van der Waals surface area (Å²) in [6, 6.07) is 19.1. The molecular weight excluding hydrogens is 650 g/mol. The van der Waals surface area contributed by atoms with E-state index in [4.69, 9.17) is 15.2 Å². The van der Waals surface area contributed by atoms with E-state index in [2.05, 4.69) is 4.98 Å². The van der Waals surface area contributed by atoms with Gasteiger partial charge in [-0.25, -0.2) is 18.2 Å². The van der Waals surface area contributed by atoms with Gasteiger partial charge in [0.1, 0.15) is 10.8 Å². The van der Waals surface area contributed by atoms with Gasteiger partial charge in [0.25, 0.3) is 0 Å². The third-order valence-electron chi connectivity index (χ3n) is 7.04. The first-order valence-electron chi connectivity index (χ1n) is 13.7. The Labute approximate surface area is 268 Å². The SMILES string of the molecule is Cc1cc(SC(Cc2ccc(-c3cc(F)c(F)c(F)c3)cc2)c2sc(-c3ccc(C(F)(F)F)cc3)nc2C)ccc1OCN(O)O. The van der Waals surface area contributed by atoms with Crippen LogP contribution >= 0.6 is 23.1 Å². The fourth-order valence-corrected chi connectivity index (χ4v) is 7.35. The van der Waals surface area contributed by atoms with Crippen molar-refractivity contribution in [2.75, 3.05) is 6.73 Å². The number of hydroxylamine groups is 2. The van der Waals surface area contributed by atoms with Crippen LogP contribution < -0.4 is 4.74 Å². The molecule has 0 bridgehead atoms. The van der Waals surface area contributed by atoms with Gasteiger partial charge < -0.3 is 4.74 Å². The van der Waals surface area contributed by atoms with Gasteiger partial charge in [0.2, 0.25) is 0 Å². The average Bonchev–Trinajstić information content (AvgIpc) is 3.40. The van der Waals surface area contributed by atoms with Gasteiger partial charge in [-0.15, -0.1) is 23.1 Å². The molecule has 0 amide bonds. The third kappa shape index (κ3) is 7.91. The minimum Gasteiger partial charge on any atom is -0.473 e. The van der Waals surface area contributed by atoms with Gasteiger partial charge in [0.15, 0.2) is 24.2 Å². The number of aromatic nitrogens is 1. The largest absolute Gasteiger partial charge is 0.473 e. The molecule has 0 fully saturated rings. The Hall–Kier alpha value is -3.88. The molecule has 0 aliphatic carbocycles. The number of nitrogens with zero attached hydrogens (tertiary/aromatic N) is 2. The number of thiazole rings is 1. The zero-order chi connectivity index (χ0) is 33.2. The molecule has 5 nitrogen and oxygen atoms in total. The molecule has 0 aliphatic heterocycles. The fraction of sp³-hybridized carbons (Fsp3) is 0.182. The van der Waals surface area contributed by atoms with Crippen LogP contribution in [0.4, 0.5) is 26.3 Å². The van der Waals surface area contributed by atoms with Crippen LogP contribution in [-0.2, 0) is 12.6 Å². The van der Waals surface area contributed by atoms with E-state index in [1.54, 1.807) is 18.2 Å². The minimum atomic E-state index is -4.45. The number of halogens is 6. The van der Waals surface area contributed by atoms with Gasteiger partial charge in [-0.2, -0.15) is 13.2 Å². The van der Waals surface area contributed by atoms with Crippen molar-refractivity contribution in [2.45, 2.75) is 36.6 Å². The lowest BCUT2D eigenvalue weighted by Crippen LogP contribution is -2.20. The van der Waals surface area contributed by atoms with Crippen LogP contribution in [0, 0.1) is 31.3 Å². The Morgan fingerprint density at radius 2 is 1.48 bits per heavy atom. The van der Waals surface area contributed by atoms with E-state index in [1.807, 2.05) is 38.1 Å². The van der Waals surface area contributed by atoms with Gasteiger partial charge in [0.05, 0.1) is 11.3 Å². The predicted octanol–water partition coefficient (Wildman–Crippen LogP) is 10.0. The Kier molecular flexibility index (Phi) is 10.1. The molecule has 13 heteroatoms. The van der Waals surface area contributed by atoms with Crippen molar-refractivity contribution in [2.24, 2.45) is 0 Å². The molecule has 240 valence electrons. The van der Waals surface area contributed by atoms with Crippen LogP contribution in [0.3, 0.4) is 0 Å². The Morgan fingerprint density at radius 1 is 0.848 bits per heavy atom. The molecule has 1 aromatic heterocycles. The predicted molar refractivity (Wildman–Crippen MR) is 163 cm³/mol.